The van der Waals surface area contributed by atoms with E-state index in [1.807, 2.05) is 25.1 Å². The summed E-state index contributed by atoms with van der Waals surface area (Å²) in [5.74, 6) is -1.18. The third-order valence-electron chi connectivity index (χ3n) is 2.72. The molecule has 0 spiro atoms. The van der Waals surface area contributed by atoms with Crippen LogP contribution in [0.25, 0.3) is 11.1 Å². The van der Waals surface area contributed by atoms with Crippen molar-refractivity contribution in [2.24, 2.45) is 0 Å². The van der Waals surface area contributed by atoms with Crippen LogP contribution in [0.3, 0.4) is 0 Å². The first-order valence-corrected chi connectivity index (χ1v) is 5.53. The molecule has 1 aromatic heterocycles. The van der Waals surface area contributed by atoms with Gasteiger partial charge in [0.25, 0.3) is 0 Å². The molecule has 92 valence electrons. The molecule has 4 heteroatoms. The Morgan fingerprint density at radius 2 is 1.89 bits per heavy atom. The molecule has 0 aliphatic heterocycles. The van der Waals surface area contributed by atoms with Gasteiger partial charge in [0.05, 0.1) is 5.97 Å². The minimum absolute atomic E-state index is 0.175. The van der Waals surface area contributed by atoms with Gasteiger partial charge in [-0.25, -0.2) is 0 Å². The molecule has 1 heterocycles. The Hall–Kier alpha value is -2.36. The zero-order valence-electron chi connectivity index (χ0n) is 10.3. The number of carbonyl (C=O) groups is 1. The van der Waals surface area contributed by atoms with E-state index in [2.05, 4.69) is 4.98 Å². The van der Waals surface area contributed by atoms with Gasteiger partial charge in [-0.05, 0) is 11.6 Å². The molecule has 0 atom stereocenters. The SMILES string of the molecule is CN(C)c1ccncc1-c1ccccc1C(=O)[O-]. The van der Waals surface area contributed by atoms with Gasteiger partial charge in [-0.15, -0.1) is 0 Å². The predicted molar refractivity (Wildman–Crippen MR) is 68.3 cm³/mol. The van der Waals surface area contributed by atoms with E-state index < -0.39 is 5.97 Å². The van der Waals surface area contributed by atoms with Crippen molar-refractivity contribution >= 4 is 11.7 Å². The predicted octanol–water partition coefficient (Wildman–Crippen LogP) is 1.18. The van der Waals surface area contributed by atoms with Crippen LogP contribution >= 0.6 is 0 Å². The zero-order chi connectivity index (χ0) is 13.1. The Morgan fingerprint density at radius 1 is 1.17 bits per heavy atom. The second-order valence-electron chi connectivity index (χ2n) is 4.12. The molecule has 0 N–H and O–H groups in total. The van der Waals surface area contributed by atoms with Gasteiger partial charge in [-0.3, -0.25) is 4.98 Å². The Kier molecular flexibility index (Phi) is 3.28. The number of carbonyl (C=O) groups excluding carboxylic acids is 1. The molecule has 18 heavy (non-hydrogen) atoms. The molecule has 0 fully saturated rings. The van der Waals surface area contributed by atoms with Crippen molar-refractivity contribution in [2.75, 3.05) is 19.0 Å². The van der Waals surface area contributed by atoms with Gasteiger partial charge in [0, 0.05) is 43.3 Å². The first-order chi connectivity index (χ1) is 8.61. The number of carboxylic acid groups (broad SMARTS) is 1. The van der Waals surface area contributed by atoms with E-state index in [4.69, 9.17) is 0 Å². The third kappa shape index (κ3) is 2.18. The van der Waals surface area contributed by atoms with Crippen LogP contribution in [0.1, 0.15) is 10.4 Å². The fourth-order valence-electron chi connectivity index (χ4n) is 1.88. The lowest BCUT2D eigenvalue weighted by Gasteiger charge is -2.19. The fraction of sp³-hybridized carbons (Fsp3) is 0.143. The number of hydrogen-bond donors (Lipinski definition) is 0. The lowest BCUT2D eigenvalue weighted by molar-refractivity contribution is -0.254. The summed E-state index contributed by atoms with van der Waals surface area (Å²) in [5, 5.41) is 11.1. The zero-order valence-corrected chi connectivity index (χ0v) is 10.3. The number of anilines is 1. The molecule has 0 saturated heterocycles. The highest BCUT2D eigenvalue weighted by molar-refractivity contribution is 5.96. The average molecular weight is 241 g/mol. The van der Waals surface area contributed by atoms with Crippen LogP contribution in [0.15, 0.2) is 42.7 Å². The van der Waals surface area contributed by atoms with Crippen LogP contribution in [0.2, 0.25) is 0 Å². The maximum Gasteiger partial charge on any atom is 0.0721 e. The molecule has 0 aliphatic carbocycles. The van der Waals surface area contributed by atoms with Crippen LogP contribution in [0.5, 0.6) is 0 Å². The first kappa shape index (κ1) is 12.1. The van der Waals surface area contributed by atoms with Crippen molar-refractivity contribution in [3.63, 3.8) is 0 Å². The summed E-state index contributed by atoms with van der Waals surface area (Å²) in [4.78, 5) is 17.1. The second-order valence-corrected chi connectivity index (χ2v) is 4.12. The number of aromatic nitrogens is 1. The second kappa shape index (κ2) is 4.87. The van der Waals surface area contributed by atoms with Gasteiger partial charge in [0.15, 0.2) is 0 Å². The third-order valence-corrected chi connectivity index (χ3v) is 2.72. The molecule has 0 unspecified atom stereocenters. The van der Waals surface area contributed by atoms with Gasteiger partial charge >= 0.3 is 0 Å². The summed E-state index contributed by atoms with van der Waals surface area (Å²) in [5.41, 5.74) is 2.49. The molecular formula is C14H13N2O2-. The quantitative estimate of drug-likeness (QED) is 0.809. The van der Waals surface area contributed by atoms with Crippen LogP contribution in [-0.2, 0) is 0 Å². The summed E-state index contributed by atoms with van der Waals surface area (Å²) in [6, 6.07) is 8.63. The monoisotopic (exact) mass is 241 g/mol. The number of hydrogen-bond acceptors (Lipinski definition) is 4. The van der Waals surface area contributed by atoms with E-state index >= 15 is 0 Å². The van der Waals surface area contributed by atoms with Crippen molar-refractivity contribution in [3.8, 4) is 11.1 Å². The van der Waals surface area contributed by atoms with Gasteiger partial charge in [-0.1, -0.05) is 24.3 Å². The topological polar surface area (TPSA) is 56.3 Å². The minimum atomic E-state index is -1.18. The van der Waals surface area contributed by atoms with Crippen LogP contribution in [0, 0.1) is 0 Å². The van der Waals surface area contributed by atoms with Crippen molar-refractivity contribution < 1.29 is 9.90 Å². The Bertz CT molecular complexity index is 580. The van der Waals surface area contributed by atoms with Gasteiger partial charge in [0.2, 0.25) is 0 Å². The molecular weight excluding hydrogens is 228 g/mol. The standard InChI is InChI=1S/C14H14N2O2/c1-16(2)13-7-8-15-9-12(13)10-5-3-4-6-11(10)14(17)18/h3-9H,1-2H3,(H,17,18)/p-1. The van der Waals surface area contributed by atoms with E-state index in [9.17, 15) is 9.90 Å². The molecule has 4 nitrogen and oxygen atoms in total. The van der Waals surface area contributed by atoms with Crippen molar-refractivity contribution in [1.29, 1.82) is 0 Å². The Balaban J connectivity index is 2.66. The minimum Gasteiger partial charge on any atom is -0.545 e. The van der Waals surface area contributed by atoms with E-state index in [0.29, 0.717) is 5.56 Å². The smallest absolute Gasteiger partial charge is 0.0721 e. The molecule has 0 saturated carbocycles. The molecule has 2 aromatic rings. The molecule has 0 bridgehead atoms. The van der Waals surface area contributed by atoms with Crippen LogP contribution in [-0.4, -0.2) is 25.0 Å². The van der Waals surface area contributed by atoms with E-state index in [-0.39, 0.29) is 5.56 Å². The van der Waals surface area contributed by atoms with E-state index in [0.717, 1.165) is 11.3 Å². The fourth-order valence-corrected chi connectivity index (χ4v) is 1.88. The molecule has 0 amide bonds. The Labute approximate surface area is 106 Å². The lowest BCUT2D eigenvalue weighted by atomic mass is 9.99. The van der Waals surface area contributed by atoms with Crippen LogP contribution in [0.4, 0.5) is 5.69 Å². The van der Waals surface area contributed by atoms with E-state index in [1.54, 1.807) is 30.6 Å². The summed E-state index contributed by atoms with van der Waals surface area (Å²) < 4.78 is 0. The van der Waals surface area contributed by atoms with Crippen LogP contribution < -0.4 is 10.0 Å². The maximum atomic E-state index is 11.1. The largest absolute Gasteiger partial charge is 0.545 e. The summed E-state index contributed by atoms with van der Waals surface area (Å²) in [7, 11) is 3.81. The normalized spacial score (nSPS) is 10.1. The number of pyridine rings is 1. The summed E-state index contributed by atoms with van der Waals surface area (Å²) in [6.07, 6.45) is 3.34. The number of rotatable bonds is 3. The highest BCUT2D eigenvalue weighted by Gasteiger charge is 2.11. The van der Waals surface area contributed by atoms with Gasteiger partial charge in [0.1, 0.15) is 0 Å². The first-order valence-electron chi connectivity index (χ1n) is 5.53. The van der Waals surface area contributed by atoms with Crippen molar-refractivity contribution in [2.45, 2.75) is 0 Å². The molecule has 2 rings (SSSR count). The maximum absolute atomic E-state index is 11.1. The number of aromatic carboxylic acids is 1. The number of benzene rings is 1. The van der Waals surface area contributed by atoms with Gasteiger partial charge in [-0.2, -0.15) is 0 Å². The highest BCUT2D eigenvalue weighted by atomic mass is 16.4. The lowest BCUT2D eigenvalue weighted by Crippen LogP contribution is -2.23. The summed E-state index contributed by atoms with van der Waals surface area (Å²) >= 11 is 0. The number of carboxylic acids is 1. The molecule has 0 aliphatic rings. The average Bonchev–Trinajstić information content (AvgIpc) is 2.38. The number of nitrogens with zero attached hydrogens (tertiary/aromatic N) is 2. The highest BCUT2D eigenvalue weighted by Crippen LogP contribution is 2.30. The summed E-state index contributed by atoms with van der Waals surface area (Å²) in [6.45, 7) is 0. The van der Waals surface area contributed by atoms with E-state index in [1.165, 1.54) is 6.07 Å². The van der Waals surface area contributed by atoms with Crippen molar-refractivity contribution in [1.82, 2.24) is 4.98 Å². The Morgan fingerprint density at radius 3 is 2.56 bits per heavy atom. The van der Waals surface area contributed by atoms with Crippen molar-refractivity contribution in [3.05, 3.63) is 48.3 Å². The van der Waals surface area contributed by atoms with Gasteiger partial charge < -0.3 is 14.8 Å². The molecule has 1 aromatic carbocycles. The molecule has 0 radical (unpaired) electrons.